The van der Waals surface area contributed by atoms with Crippen LogP contribution in [0.15, 0.2) is 36.4 Å². The summed E-state index contributed by atoms with van der Waals surface area (Å²) in [6.45, 7) is 1.64. The Morgan fingerprint density at radius 2 is 1.84 bits per heavy atom. The van der Waals surface area contributed by atoms with Gasteiger partial charge in [-0.15, -0.1) is 0 Å². The number of ether oxygens (including phenoxy) is 1. The van der Waals surface area contributed by atoms with Crippen LogP contribution in [0.4, 0.5) is 8.78 Å². The first-order chi connectivity index (χ1) is 8.97. The number of aryl methyl sites for hydroxylation is 1. The Kier molecular flexibility index (Phi) is 3.76. The molecule has 0 heterocycles. The minimum atomic E-state index is -0.605. The lowest BCUT2D eigenvalue weighted by Gasteiger charge is -2.08. The third-order valence-corrected chi connectivity index (χ3v) is 2.82. The topological polar surface area (TPSA) is 35.2 Å². The molecular weight excluding hydrogens is 268 g/mol. The van der Waals surface area contributed by atoms with Crippen LogP contribution in [-0.2, 0) is 0 Å². The van der Waals surface area contributed by atoms with E-state index < -0.39 is 11.6 Å². The fraction of sp³-hybridized carbons (Fsp3) is 0.0714. The summed E-state index contributed by atoms with van der Waals surface area (Å²) in [4.78, 5) is 0.104. The fourth-order valence-corrected chi connectivity index (χ4v) is 1.63. The largest absolute Gasteiger partial charge is 0.454 e. The lowest BCUT2D eigenvalue weighted by atomic mass is 10.2. The summed E-state index contributed by atoms with van der Waals surface area (Å²) in [5.41, 5.74) is 6.31. The second-order valence-electron chi connectivity index (χ2n) is 4.02. The van der Waals surface area contributed by atoms with E-state index in [9.17, 15) is 8.78 Å². The van der Waals surface area contributed by atoms with Crippen molar-refractivity contribution in [2.75, 3.05) is 0 Å². The summed E-state index contributed by atoms with van der Waals surface area (Å²) in [5, 5.41) is 0. The maximum Gasteiger partial charge on any atom is 0.166 e. The zero-order chi connectivity index (χ0) is 14.0. The van der Waals surface area contributed by atoms with E-state index in [2.05, 4.69) is 0 Å². The molecule has 0 aliphatic rings. The van der Waals surface area contributed by atoms with Crippen LogP contribution in [0.25, 0.3) is 0 Å². The van der Waals surface area contributed by atoms with Crippen molar-refractivity contribution in [2.45, 2.75) is 6.92 Å². The van der Waals surface area contributed by atoms with Crippen molar-refractivity contribution in [3.05, 3.63) is 59.2 Å². The van der Waals surface area contributed by atoms with Crippen molar-refractivity contribution >= 4 is 17.2 Å². The molecule has 2 rings (SSSR count). The van der Waals surface area contributed by atoms with Crippen LogP contribution in [0.5, 0.6) is 11.5 Å². The highest BCUT2D eigenvalue weighted by Gasteiger charge is 2.08. The fourth-order valence-electron chi connectivity index (χ4n) is 1.50. The Balaban J connectivity index is 2.28. The highest BCUT2D eigenvalue weighted by molar-refractivity contribution is 7.80. The number of hydrogen-bond acceptors (Lipinski definition) is 2. The van der Waals surface area contributed by atoms with Crippen LogP contribution >= 0.6 is 12.2 Å². The van der Waals surface area contributed by atoms with Gasteiger partial charge in [-0.1, -0.05) is 18.3 Å². The first-order valence-electron chi connectivity index (χ1n) is 5.51. The first kappa shape index (κ1) is 13.4. The van der Waals surface area contributed by atoms with Crippen molar-refractivity contribution in [1.82, 2.24) is 0 Å². The van der Waals surface area contributed by atoms with Crippen molar-refractivity contribution < 1.29 is 13.5 Å². The van der Waals surface area contributed by atoms with E-state index in [0.717, 1.165) is 0 Å². The van der Waals surface area contributed by atoms with Crippen molar-refractivity contribution in [1.29, 1.82) is 0 Å². The molecule has 0 spiro atoms. The van der Waals surface area contributed by atoms with Gasteiger partial charge in [-0.2, -0.15) is 0 Å². The first-order valence-corrected chi connectivity index (χ1v) is 5.91. The average Bonchev–Trinajstić information content (AvgIpc) is 2.36. The van der Waals surface area contributed by atoms with Gasteiger partial charge < -0.3 is 10.5 Å². The Bertz CT molecular complexity index is 643. The minimum Gasteiger partial charge on any atom is -0.454 e. The predicted octanol–water partition coefficient (Wildman–Crippen LogP) is 3.70. The highest BCUT2D eigenvalue weighted by atomic mass is 32.1. The van der Waals surface area contributed by atoms with E-state index in [1.54, 1.807) is 25.1 Å². The van der Waals surface area contributed by atoms with Crippen LogP contribution in [0.3, 0.4) is 0 Å². The molecule has 0 fully saturated rings. The molecule has 0 saturated carbocycles. The van der Waals surface area contributed by atoms with Gasteiger partial charge in [0.15, 0.2) is 11.6 Å². The quantitative estimate of drug-likeness (QED) is 0.870. The molecule has 0 unspecified atom stereocenters. The van der Waals surface area contributed by atoms with Gasteiger partial charge >= 0.3 is 0 Å². The molecule has 0 aromatic heterocycles. The van der Waals surface area contributed by atoms with Gasteiger partial charge in [0.1, 0.15) is 16.6 Å². The molecule has 2 N–H and O–H groups in total. The molecule has 2 nitrogen and oxygen atoms in total. The monoisotopic (exact) mass is 279 g/mol. The van der Waals surface area contributed by atoms with Crippen LogP contribution < -0.4 is 10.5 Å². The van der Waals surface area contributed by atoms with Gasteiger partial charge in [-0.25, -0.2) is 8.78 Å². The maximum absolute atomic E-state index is 13.7. The molecule has 0 bridgehead atoms. The maximum atomic E-state index is 13.7. The Labute approximate surface area is 114 Å². The van der Waals surface area contributed by atoms with E-state index in [1.807, 2.05) is 0 Å². The van der Waals surface area contributed by atoms with Crippen LogP contribution in [0.2, 0.25) is 0 Å². The van der Waals surface area contributed by atoms with Gasteiger partial charge in [0.05, 0.1) is 0 Å². The smallest absolute Gasteiger partial charge is 0.166 e. The van der Waals surface area contributed by atoms with E-state index in [1.165, 1.54) is 18.2 Å². The Morgan fingerprint density at radius 1 is 1.11 bits per heavy atom. The third kappa shape index (κ3) is 3.06. The molecule has 0 atom stereocenters. The summed E-state index contributed by atoms with van der Waals surface area (Å²) in [6, 6.07) is 8.47. The Hall–Kier alpha value is -2.01. The van der Waals surface area contributed by atoms with Crippen LogP contribution in [-0.4, -0.2) is 4.99 Å². The van der Waals surface area contributed by atoms with Gasteiger partial charge in [-0.05, 0) is 36.8 Å². The normalized spacial score (nSPS) is 10.3. The van der Waals surface area contributed by atoms with E-state index in [-0.39, 0.29) is 16.5 Å². The van der Waals surface area contributed by atoms with Crippen molar-refractivity contribution in [3.63, 3.8) is 0 Å². The molecule has 2 aromatic rings. The molecule has 0 aliphatic carbocycles. The lowest BCUT2D eigenvalue weighted by Crippen LogP contribution is -2.09. The lowest BCUT2D eigenvalue weighted by molar-refractivity contribution is 0.438. The molecular formula is C14H11F2NOS. The second kappa shape index (κ2) is 5.32. The number of thiocarbonyl (C=S) groups is 1. The number of benzene rings is 2. The SMILES string of the molecule is Cc1ccc(Oc2ccc(C(N)=S)cc2F)cc1F. The summed E-state index contributed by atoms with van der Waals surface area (Å²) in [7, 11) is 0. The number of halogens is 2. The molecule has 98 valence electrons. The van der Waals surface area contributed by atoms with E-state index >= 15 is 0 Å². The molecule has 0 amide bonds. The van der Waals surface area contributed by atoms with Crippen molar-refractivity contribution in [2.24, 2.45) is 5.73 Å². The van der Waals surface area contributed by atoms with Gasteiger partial charge in [-0.3, -0.25) is 0 Å². The van der Waals surface area contributed by atoms with E-state index in [0.29, 0.717) is 11.1 Å². The van der Waals surface area contributed by atoms with Gasteiger partial charge in [0, 0.05) is 11.6 Å². The molecule has 19 heavy (non-hydrogen) atoms. The summed E-state index contributed by atoms with van der Waals surface area (Å²) in [6.07, 6.45) is 0. The zero-order valence-corrected chi connectivity index (χ0v) is 10.9. The molecule has 0 aliphatic heterocycles. The highest BCUT2D eigenvalue weighted by Crippen LogP contribution is 2.26. The standard InChI is InChI=1S/C14H11F2NOS/c1-8-2-4-10(7-11(8)15)18-13-5-3-9(14(17)19)6-12(13)16/h2-7H,1H3,(H2,17,19). The number of nitrogens with two attached hydrogens (primary N) is 1. The van der Waals surface area contributed by atoms with Crippen molar-refractivity contribution in [3.8, 4) is 11.5 Å². The molecule has 2 aromatic carbocycles. The zero-order valence-electron chi connectivity index (χ0n) is 10.1. The number of rotatable bonds is 3. The second-order valence-corrected chi connectivity index (χ2v) is 4.46. The van der Waals surface area contributed by atoms with E-state index in [4.69, 9.17) is 22.7 Å². The molecule has 5 heteroatoms. The predicted molar refractivity (Wildman–Crippen MR) is 73.5 cm³/mol. The summed E-state index contributed by atoms with van der Waals surface area (Å²) in [5.74, 6) is -0.794. The third-order valence-electron chi connectivity index (χ3n) is 2.59. The number of hydrogen-bond donors (Lipinski definition) is 1. The summed E-state index contributed by atoms with van der Waals surface area (Å²) < 4.78 is 32.4. The Morgan fingerprint density at radius 3 is 2.42 bits per heavy atom. The average molecular weight is 279 g/mol. The molecule has 0 saturated heterocycles. The summed E-state index contributed by atoms with van der Waals surface area (Å²) >= 11 is 4.75. The van der Waals surface area contributed by atoms with Gasteiger partial charge in [0.2, 0.25) is 0 Å². The minimum absolute atomic E-state index is 0.0109. The van der Waals surface area contributed by atoms with Crippen LogP contribution in [0, 0.1) is 18.6 Å². The molecule has 0 radical (unpaired) electrons. The van der Waals surface area contributed by atoms with Gasteiger partial charge in [0.25, 0.3) is 0 Å². The van der Waals surface area contributed by atoms with Crippen LogP contribution in [0.1, 0.15) is 11.1 Å².